The highest BCUT2D eigenvalue weighted by atomic mass is 16.5. The van der Waals surface area contributed by atoms with Gasteiger partial charge in [0.2, 0.25) is 0 Å². The van der Waals surface area contributed by atoms with E-state index >= 15 is 0 Å². The largest absolute Gasteiger partial charge is 0.378 e. The Bertz CT molecular complexity index is 1220. The number of imidazole rings is 1. The van der Waals surface area contributed by atoms with Gasteiger partial charge in [-0.3, -0.25) is 4.79 Å². The molecule has 0 aliphatic carbocycles. The van der Waals surface area contributed by atoms with Crippen LogP contribution in [0.15, 0.2) is 54.6 Å². The molecule has 0 bridgehead atoms. The highest BCUT2D eigenvalue weighted by Gasteiger charge is 2.19. The molecule has 0 spiro atoms. The predicted octanol–water partition coefficient (Wildman–Crippen LogP) is 3.79. The van der Waals surface area contributed by atoms with E-state index in [0.717, 1.165) is 41.1 Å². The second-order valence-corrected chi connectivity index (χ2v) is 7.63. The maximum absolute atomic E-state index is 13.2. The van der Waals surface area contributed by atoms with Gasteiger partial charge in [0, 0.05) is 25.3 Å². The van der Waals surface area contributed by atoms with Crippen molar-refractivity contribution in [1.29, 1.82) is 0 Å². The van der Waals surface area contributed by atoms with E-state index in [1.54, 1.807) is 0 Å². The summed E-state index contributed by atoms with van der Waals surface area (Å²) >= 11 is 0. The van der Waals surface area contributed by atoms with Gasteiger partial charge in [-0.2, -0.15) is 0 Å². The van der Waals surface area contributed by atoms with Crippen molar-refractivity contribution in [1.82, 2.24) is 15.3 Å². The molecule has 2 N–H and O–H groups in total. The second-order valence-electron chi connectivity index (χ2n) is 7.63. The molecule has 1 aliphatic rings. The Morgan fingerprint density at radius 2 is 1.93 bits per heavy atom. The molecule has 2 heterocycles. The Morgan fingerprint density at radius 3 is 2.80 bits per heavy atom. The maximum Gasteiger partial charge on any atom is 0.253 e. The molecule has 6 nitrogen and oxygen atoms in total. The highest BCUT2D eigenvalue weighted by Crippen LogP contribution is 2.26. The molecule has 1 aromatic heterocycles. The summed E-state index contributed by atoms with van der Waals surface area (Å²) in [6.45, 7) is 5.40. The number of hydrogen-bond acceptors (Lipinski definition) is 4. The number of aromatic amines is 1. The summed E-state index contributed by atoms with van der Waals surface area (Å²) in [5, 5.41) is 5.43. The van der Waals surface area contributed by atoms with E-state index in [1.807, 2.05) is 31.2 Å². The van der Waals surface area contributed by atoms with Crippen molar-refractivity contribution in [2.24, 2.45) is 0 Å². The fraction of sp³-hybridized carbons (Fsp3) is 0.250. The van der Waals surface area contributed by atoms with Gasteiger partial charge in [0.15, 0.2) is 0 Å². The summed E-state index contributed by atoms with van der Waals surface area (Å²) in [6.07, 6.45) is 0. The molecule has 1 amide bonds. The van der Waals surface area contributed by atoms with Gasteiger partial charge in [0.05, 0.1) is 24.3 Å². The number of hydrogen-bond donors (Lipinski definition) is 2. The number of amides is 1. The van der Waals surface area contributed by atoms with Crippen molar-refractivity contribution in [3.8, 4) is 0 Å². The van der Waals surface area contributed by atoms with Gasteiger partial charge in [0.25, 0.3) is 5.91 Å². The number of aryl methyl sites for hydroxylation is 1. The molecule has 6 heteroatoms. The van der Waals surface area contributed by atoms with Crippen LogP contribution in [0.4, 0.5) is 5.69 Å². The van der Waals surface area contributed by atoms with Crippen LogP contribution in [0.1, 0.15) is 21.7 Å². The summed E-state index contributed by atoms with van der Waals surface area (Å²) in [4.78, 5) is 23.3. The summed E-state index contributed by atoms with van der Waals surface area (Å²) in [5.74, 6) is 0.682. The number of fused-ring (bicyclic) bond motifs is 2. The summed E-state index contributed by atoms with van der Waals surface area (Å²) in [7, 11) is 0. The van der Waals surface area contributed by atoms with E-state index in [1.165, 1.54) is 5.39 Å². The van der Waals surface area contributed by atoms with Gasteiger partial charge in [-0.25, -0.2) is 4.98 Å². The third-order valence-corrected chi connectivity index (χ3v) is 5.63. The van der Waals surface area contributed by atoms with Crippen molar-refractivity contribution >= 4 is 33.4 Å². The third kappa shape index (κ3) is 3.50. The number of nitrogens with zero attached hydrogens (tertiary/aromatic N) is 2. The third-order valence-electron chi connectivity index (χ3n) is 5.63. The number of nitrogens with one attached hydrogen (secondary N) is 2. The Hall–Kier alpha value is -3.38. The topological polar surface area (TPSA) is 70.2 Å². The second kappa shape index (κ2) is 7.80. The van der Waals surface area contributed by atoms with Gasteiger partial charge < -0.3 is 19.9 Å². The number of rotatable bonds is 4. The van der Waals surface area contributed by atoms with E-state index in [2.05, 4.69) is 50.5 Å². The maximum atomic E-state index is 13.2. The molecular weight excluding hydrogens is 376 g/mol. The summed E-state index contributed by atoms with van der Waals surface area (Å²) in [5.41, 5.74) is 4.30. The van der Waals surface area contributed by atoms with Crippen LogP contribution in [-0.2, 0) is 11.3 Å². The van der Waals surface area contributed by atoms with Crippen molar-refractivity contribution in [2.75, 3.05) is 31.2 Å². The van der Waals surface area contributed by atoms with Crippen LogP contribution in [0, 0.1) is 6.92 Å². The van der Waals surface area contributed by atoms with Crippen LogP contribution in [0.2, 0.25) is 0 Å². The van der Waals surface area contributed by atoms with E-state index in [9.17, 15) is 4.79 Å². The van der Waals surface area contributed by atoms with Gasteiger partial charge in [-0.1, -0.05) is 42.5 Å². The van der Waals surface area contributed by atoms with Gasteiger partial charge in [-0.05, 0) is 35.4 Å². The molecule has 1 aliphatic heterocycles. The monoisotopic (exact) mass is 400 g/mol. The zero-order chi connectivity index (χ0) is 20.5. The number of benzene rings is 3. The smallest absolute Gasteiger partial charge is 0.253 e. The highest BCUT2D eigenvalue weighted by molar-refractivity contribution is 6.06. The van der Waals surface area contributed by atoms with E-state index in [-0.39, 0.29) is 5.91 Å². The zero-order valence-corrected chi connectivity index (χ0v) is 16.9. The molecule has 5 rings (SSSR count). The lowest BCUT2D eigenvalue weighted by Gasteiger charge is -2.29. The lowest BCUT2D eigenvalue weighted by molar-refractivity contribution is 0.0952. The molecule has 0 atom stereocenters. The van der Waals surface area contributed by atoms with E-state index < -0.39 is 0 Å². The summed E-state index contributed by atoms with van der Waals surface area (Å²) < 4.78 is 5.47. The van der Waals surface area contributed by atoms with Crippen molar-refractivity contribution in [3.63, 3.8) is 0 Å². The zero-order valence-electron chi connectivity index (χ0n) is 16.9. The molecule has 152 valence electrons. The number of morpholine rings is 1. The standard InChI is InChI=1S/C24H24N4O2/c1-16-26-22-14-19(28-9-11-30-12-10-28)13-21(23(22)27-16)24(29)25-15-18-7-4-6-17-5-2-3-8-20(17)18/h2-8,13-14H,9-12,15H2,1H3,(H,25,29)(H,26,27). The fourth-order valence-electron chi connectivity index (χ4n) is 4.12. The number of aromatic nitrogens is 2. The number of H-pyrrole nitrogens is 1. The van der Waals surface area contributed by atoms with Crippen molar-refractivity contribution in [2.45, 2.75) is 13.5 Å². The van der Waals surface area contributed by atoms with Crippen molar-refractivity contribution in [3.05, 3.63) is 71.5 Å². The minimum atomic E-state index is -0.116. The number of ether oxygens (including phenoxy) is 1. The quantitative estimate of drug-likeness (QED) is 0.547. The molecular formula is C24H24N4O2. The first-order chi connectivity index (χ1) is 14.7. The van der Waals surface area contributed by atoms with Crippen LogP contribution in [-0.4, -0.2) is 42.2 Å². The van der Waals surface area contributed by atoms with Crippen LogP contribution in [0.25, 0.3) is 21.8 Å². The molecule has 1 saturated heterocycles. The molecule has 30 heavy (non-hydrogen) atoms. The number of anilines is 1. The summed E-state index contributed by atoms with van der Waals surface area (Å²) in [6, 6.07) is 18.4. The first-order valence-corrected chi connectivity index (χ1v) is 10.3. The number of carbonyl (C=O) groups is 1. The Balaban J connectivity index is 1.46. The molecule has 3 aromatic carbocycles. The first-order valence-electron chi connectivity index (χ1n) is 10.3. The van der Waals surface area contributed by atoms with Crippen LogP contribution >= 0.6 is 0 Å². The van der Waals surface area contributed by atoms with Gasteiger partial charge in [-0.15, -0.1) is 0 Å². The molecule has 0 unspecified atom stereocenters. The van der Waals surface area contributed by atoms with E-state index in [0.29, 0.717) is 30.8 Å². The van der Waals surface area contributed by atoms with E-state index in [4.69, 9.17) is 4.74 Å². The minimum Gasteiger partial charge on any atom is -0.378 e. The lowest BCUT2D eigenvalue weighted by Crippen LogP contribution is -2.36. The fourth-order valence-corrected chi connectivity index (χ4v) is 4.12. The molecule has 4 aromatic rings. The molecule has 1 fully saturated rings. The SMILES string of the molecule is Cc1nc2c(C(=O)NCc3cccc4ccccc34)cc(N3CCOCC3)cc2[nH]1. The number of carbonyl (C=O) groups excluding carboxylic acids is 1. The lowest BCUT2D eigenvalue weighted by atomic mass is 10.0. The Labute approximate surface area is 174 Å². The molecule has 0 saturated carbocycles. The van der Waals surface area contributed by atoms with Gasteiger partial charge in [0.1, 0.15) is 11.3 Å². The van der Waals surface area contributed by atoms with Gasteiger partial charge >= 0.3 is 0 Å². The Kier molecular flexibility index (Phi) is 4.85. The average Bonchev–Trinajstić information content (AvgIpc) is 3.17. The normalized spacial score (nSPS) is 14.4. The first kappa shape index (κ1) is 18.6. The predicted molar refractivity (Wildman–Crippen MR) is 119 cm³/mol. The van der Waals surface area contributed by atoms with Crippen LogP contribution < -0.4 is 10.2 Å². The minimum absolute atomic E-state index is 0.116. The average molecular weight is 400 g/mol. The molecule has 0 radical (unpaired) electrons. The van der Waals surface area contributed by atoms with Crippen LogP contribution in [0.3, 0.4) is 0 Å². The van der Waals surface area contributed by atoms with Crippen LogP contribution in [0.5, 0.6) is 0 Å². The van der Waals surface area contributed by atoms with Crippen molar-refractivity contribution < 1.29 is 9.53 Å². The Morgan fingerprint density at radius 1 is 1.13 bits per heavy atom.